The quantitative estimate of drug-likeness (QED) is 0.554. The predicted molar refractivity (Wildman–Crippen MR) is 76.5 cm³/mol. The Morgan fingerprint density at radius 2 is 1.55 bits per heavy atom. The lowest BCUT2D eigenvalue weighted by atomic mass is 9.97. The molecule has 2 aromatic rings. The van der Waals surface area contributed by atoms with Crippen LogP contribution >= 0.6 is 34.8 Å². The zero-order valence-electron chi connectivity index (χ0n) is 9.94. The summed E-state index contributed by atoms with van der Waals surface area (Å²) in [7, 11) is 0. The Bertz CT molecular complexity index is 616. The number of alkyl halides is 4. The van der Waals surface area contributed by atoms with Gasteiger partial charge in [0.25, 0.3) is 0 Å². The molecule has 0 fully saturated rings. The average molecular weight is 340 g/mol. The molecule has 0 saturated heterocycles. The van der Waals surface area contributed by atoms with Gasteiger partial charge in [-0.3, -0.25) is 0 Å². The molecule has 0 nitrogen and oxygen atoms in total. The lowest BCUT2D eigenvalue weighted by Gasteiger charge is -2.14. The van der Waals surface area contributed by atoms with E-state index in [0.29, 0.717) is 16.7 Å². The molecule has 0 aliphatic carbocycles. The highest BCUT2D eigenvalue weighted by Crippen LogP contribution is 2.40. The zero-order chi connectivity index (χ0) is 14.9. The van der Waals surface area contributed by atoms with E-state index < -0.39 is 11.7 Å². The summed E-state index contributed by atoms with van der Waals surface area (Å²) in [6.45, 7) is 0. The minimum Gasteiger partial charge on any atom is -0.166 e. The molecule has 2 rings (SSSR count). The highest BCUT2D eigenvalue weighted by Gasteiger charge is 2.31. The molecular weight excluding hydrogens is 332 g/mol. The first kappa shape index (κ1) is 15.5. The molecule has 0 aliphatic rings. The van der Waals surface area contributed by atoms with Gasteiger partial charge in [-0.05, 0) is 35.4 Å². The third-order valence-corrected chi connectivity index (χ3v) is 3.73. The van der Waals surface area contributed by atoms with Crippen LogP contribution in [-0.2, 0) is 12.1 Å². The molecule has 0 N–H and O–H groups in total. The molecule has 20 heavy (non-hydrogen) atoms. The average Bonchev–Trinajstić information content (AvgIpc) is 2.37. The number of benzene rings is 2. The number of halogens is 6. The van der Waals surface area contributed by atoms with Crippen molar-refractivity contribution < 1.29 is 13.2 Å². The minimum absolute atomic E-state index is 0.0645. The number of hydrogen-bond donors (Lipinski definition) is 0. The molecule has 0 aromatic heterocycles. The van der Waals surface area contributed by atoms with E-state index in [2.05, 4.69) is 0 Å². The van der Waals surface area contributed by atoms with E-state index in [1.54, 1.807) is 18.2 Å². The normalized spacial score (nSPS) is 11.7. The fourth-order valence-electron chi connectivity index (χ4n) is 1.86. The van der Waals surface area contributed by atoms with Crippen molar-refractivity contribution in [2.45, 2.75) is 12.1 Å². The van der Waals surface area contributed by atoms with Crippen molar-refractivity contribution in [3.63, 3.8) is 0 Å². The smallest absolute Gasteiger partial charge is 0.166 e. The summed E-state index contributed by atoms with van der Waals surface area (Å²) in [6.07, 6.45) is -4.44. The Hall–Kier alpha value is -0.900. The van der Waals surface area contributed by atoms with Crippen LogP contribution in [0.3, 0.4) is 0 Å². The fraction of sp³-hybridized carbons (Fsp3) is 0.143. The molecule has 0 amide bonds. The number of rotatable bonds is 2. The van der Waals surface area contributed by atoms with Crippen LogP contribution in [0.25, 0.3) is 11.1 Å². The Morgan fingerprint density at radius 3 is 2.05 bits per heavy atom. The first-order valence-electron chi connectivity index (χ1n) is 5.55. The van der Waals surface area contributed by atoms with Crippen molar-refractivity contribution >= 4 is 34.8 Å². The van der Waals surface area contributed by atoms with E-state index in [0.717, 1.165) is 12.1 Å². The summed E-state index contributed by atoms with van der Waals surface area (Å²) in [5.74, 6) is 0.0645. The summed E-state index contributed by atoms with van der Waals surface area (Å²) in [5, 5.41) is 0.561. The highest BCUT2D eigenvalue weighted by atomic mass is 35.5. The van der Waals surface area contributed by atoms with Crippen molar-refractivity contribution in [2.24, 2.45) is 0 Å². The Balaban J connectivity index is 2.71. The third kappa shape index (κ3) is 3.05. The second-order valence-electron chi connectivity index (χ2n) is 4.10. The van der Waals surface area contributed by atoms with E-state index in [-0.39, 0.29) is 15.9 Å². The lowest BCUT2D eigenvalue weighted by molar-refractivity contribution is -0.137. The summed E-state index contributed by atoms with van der Waals surface area (Å²) in [5.41, 5.74) is 0.426. The Morgan fingerprint density at radius 1 is 0.950 bits per heavy atom. The molecular formula is C14H8Cl3F3. The van der Waals surface area contributed by atoms with Gasteiger partial charge in [-0.15, -0.1) is 11.6 Å². The Labute approximate surface area is 129 Å². The molecule has 0 atom stereocenters. The minimum atomic E-state index is -4.44. The van der Waals surface area contributed by atoms with Gasteiger partial charge in [0.2, 0.25) is 0 Å². The van der Waals surface area contributed by atoms with Crippen LogP contribution in [0.15, 0.2) is 36.4 Å². The summed E-state index contributed by atoms with van der Waals surface area (Å²) in [4.78, 5) is 0. The summed E-state index contributed by atoms with van der Waals surface area (Å²) in [6, 6.07) is 8.12. The van der Waals surface area contributed by atoms with E-state index in [1.165, 1.54) is 6.07 Å². The lowest BCUT2D eigenvalue weighted by Crippen LogP contribution is -2.05. The first-order chi connectivity index (χ1) is 9.34. The molecule has 0 aliphatic heterocycles. The zero-order valence-corrected chi connectivity index (χ0v) is 12.2. The second kappa shape index (κ2) is 5.84. The second-order valence-corrected chi connectivity index (χ2v) is 5.18. The maximum Gasteiger partial charge on any atom is 0.416 e. The van der Waals surface area contributed by atoms with Crippen LogP contribution in [0.5, 0.6) is 0 Å². The highest BCUT2D eigenvalue weighted by molar-refractivity contribution is 6.39. The van der Waals surface area contributed by atoms with Crippen LogP contribution in [0.2, 0.25) is 10.0 Å². The standard InChI is InChI=1S/C14H8Cl3F3/c15-7-8-4-5-9(14(18,19)20)6-10(8)13-11(16)2-1-3-12(13)17/h1-6H,7H2. The Kier molecular flexibility index (Phi) is 4.52. The molecule has 0 bridgehead atoms. The molecule has 6 heteroatoms. The maximum absolute atomic E-state index is 12.8. The van der Waals surface area contributed by atoms with Gasteiger partial charge in [0.05, 0.1) is 5.56 Å². The molecule has 0 spiro atoms. The van der Waals surface area contributed by atoms with E-state index in [9.17, 15) is 13.2 Å². The SMILES string of the molecule is FC(F)(F)c1ccc(CCl)c(-c2c(Cl)cccc2Cl)c1. The van der Waals surface area contributed by atoms with Crippen LogP contribution in [-0.4, -0.2) is 0 Å². The van der Waals surface area contributed by atoms with Crippen LogP contribution in [0, 0.1) is 0 Å². The largest absolute Gasteiger partial charge is 0.416 e. The van der Waals surface area contributed by atoms with Crippen molar-refractivity contribution in [1.82, 2.24) is 0 Å². The van der Waals surface area contributed by atoms with Gasteiger partial charge in [0.1, 0.15) is 0 Å². The van der Waals surface area contributed by atoms with E-state index >= 15 is 0 Å². The van der Waals surface area contributed by atoms with Gasteiger partial charge in [0.15, 0.2) is 0 Å². The molecule has 0 saturated carbocycles. The van der Waals surface area contributed by atoms with E-state index in [4.69, 9.17) is 34.8 Å². The van der Waals surface area contributed by atoms with Gasteiger partial charge in [-0.2, -0.15) is 13.2 Å². The molecule has 0 heterocycles. The first-order valence-corrected chi connectivity index (χ1v) is 6.84. The molecule has 2 aromatic carbocycles. The summed E-state index contributed by atoms with van der Waals surface area (Å²) < 4.78 is 38.5. The summed E-state index contributed by atoms with van der Waals surface area (Å²) >= 11 is 17.9. The predicted octanol–water partition coefficient (Wildman–Crippen LogP) is 6.42. The van der Waals surface area contributed by atoms with Gasteiger partial charge in [-0.25, -0.2) is 0 Å². The van der Waals surface area contributed by atoms with Crippen molar-refractivity contribution in [3.8, 4) is 11.1 Å². The van der Waals surface area contributed by atoms with Crippen LogP contribution in [0.4, 0.5) is 13.2 Å². The monoisotopic (exact) mass is 338 g/mol. The molecule has 0 radical (unpaired) electrons. The van der Waals surface area contributed by atoms with E-state index in [1.807, 2.05) is 0 Å². The van der Waals surface area contributed by atoms with Crippen molar-refractivity contribution in [1.29, 1.82) is 0 Å². The molecule has 0 unspecified atom stereocenters. The van der Waals surface area contributed by atoms with Crippen molar-refractivity contribution in [2.75, 3.05) is 0 Å². The van der Waals surface area contributed by atoms with Gasteiger partial charge in [0, 0.05) is 21.5 Å². The van der Waals surface area contributed by atoms with Gasteiger partial charge < -0.3 is 0 Å². The van der Waals surface area contributed by atoms with Gasteiger partial charge >= 0.3 is 6.18 Å². The topological polar surface area (TPSA) is 0 Å². The molecule has 106 valence electrons. The van der Waals surface area contributed by atoms with Crippen molar-refractivity contribution in [3.05, 3.63) is 57.6 Å². The number of hydrogen-bond acceptors (Lipinski definition) is 0. The maximum atomic E-state index is 12.8. The van der Waals surface area contributed by atoms with Gasteiger partial charge in [-0.1, -0.05) is 35.3 Å². The third-order valence-electron chi connectivity index (χ3n) is 2.81. The fourth-order valence-corrected chi connectivity index (χ4v) is 2.69. The van der Waals surface area contributed by atoms with Crippen LogP contribution < -0.4 is 0 Å². The van der Waals surface area contributed by atoms with Crippen LogP contribution in [0.1, 0.15) is 11.1 Å².